The average molecular weight is 909 g/mol. The Bertz CT molecular complexity index is 3010. The molecule has 0 saturated carbocycles. The minimum Gasteiger partial charge on any atom is -0.454 e. The highest BCUT2D eigenvalue weighted by atomic mass is 35.5. The van der Waals surface area contributed by atoms with E-state index in [9.17, 15) is 0 Å². The molecule has 2 fully saturated rings. The molecule has 0 aliphatic carbocycles. The maximum atomic E-state index is 8.81. The van der Waals surface area contributed by atoms with Gasteiger partial charge >= 0.3 is 7.12 Å². The third-order valence-electron chi connectivity index (χ3n) is 11.7. The van der Waals surface area contributed by atoms with E-state index in [1.54, 1.807) is 51.9 Å². The lowest BCUT2D eigenvalue weighted by Gasteiger charge is -2.23. The van der Waals surface area contributed by atoms with Crippen LogP contribution in [0.25, 0.3) is 22.6 Å². The van der Waals surface area contributed by atoms with Crippen molar-refractivity contribution in [3.8, 4) is 34.3 Å². The summed E-state index contributed by atoms with van der Waals surface area (Å²) in [6.07, 6.45) is 11.9. The van der Waals surface area contributed by atoms with E-state index in [2.05, 4.69) is 61.5 Å². The Hall–Kier alpha value is -7.35. The van der Waals surface area contributed by atoms with Crippen LogP contribution in [0, 0.1) is 0 Å². The predicted molar refractivity (Wildman–Crippen MR) is 252 cm³/mol. The molecule has 0 amide bonds. The Kier molecular flexibility index (Phi) is 12.0. The second-order valence-corrected chi connectivity index (χ2v) is 16.5. The summed E-state index contributed by atoms with van der Waals surface area (Å²) in [5.74, 6) is 6.23. The van der Waals surface area contributed by atoms with Gasteiger partial charge in [0, 0.05) is 61.6 Å². The quantitative estimate of drug-likeness (QED) is 0.116. The number of aromatic nitrogens is 8. The Balaban J connectivity index is 0.000000128. The van der Waals surface area contributed by atoms with Crippen molar-refractivity contribution in [2.24, 2.45) is 0 Å². The third-order valence-corrected chi connectivity index (χ3v) is 11.9. The molecule has 2 atom stereocenters. The van der Waals surface area contributed by atoms with E-state index in [-0.39, 0.29) is 13.6 Å². The van der Waals surface area contributed by atoms with E-state index in [1.807, 2.05) is 54.7 Å². The molecule has 4 aliphatic heterocycles. The number of benzene rings is 2. The van der Waals surface area contributed by atoms with Gasteiger partial charge in [0.1, 0.15) is 23.3 Å². The molecule has 6 aromatic heterocycles. The first kappa shape index (κ1) is 42.6. The fourth-order valence-corrected chi connectivity index (χ4v) is 8.58. The van der Waals surface area contributed by atoms with Crippen molar-refractivity contribution in [2.75, 3.05) is 47.1 Å². The summed E-state index contributed by atoms with van der Waals surface area (Å²) in [7, 11) is -1.46. The molecule has 2 saturated heterocycles. The number of fused-ring (bicyclic) bond motifs is 4. The maximum absolute atomic E-state index is 8.81. The zero-order valence-corrected chi connectivity index (χ0v) is 36.9. The number of imidazole rings is 2. The predicted octanol–water partition coefficient (Wildman–Crippen LogP) is 6.86. The molecule has 12 rings (SSSR count). The molecular weight excluding hydrogens is 863 g/mol. The topological polar surface area (TPSA) is 194 Å². The van der Waals surface area contributed by atoms with Crippen LogP contribution in [0.2, 0.25) is 5.15 Å². The van der Waals surface area contributed by atoms with Gasteiger partial charge in [0.2, 0.25) is 13.6 Å². The van der Waals surface area contributed by atoms with Crippen molar-refractivity contribution in [1.82, 2.24) is 39.2 Å². The standard InChI is InChI=1S/C23H22N6O2.C16H17ClN6.C7H7BO4/c1-15-4-3-10-28(15)22-6-2-5-21(26-22)25-18-13-17(27-29-11-9-24-23(18)29)16-7-8-19-20(12-16)31-14-30-19;1-11-4-3-8-22(11)15-6-2-5-14(20-15)19-12-10-13(17)21-23-9-7-18-16(12)23;9-8(10)5-1-2-6-7(3-5)12-4-11-6/h2,5-9,11-13,15H,3-4,10,14H2,1H3,(H,25,26);2,5-7,9-11H,3-4,8H2,1H3,(H,19,20);1-3,9-10H,4H2. The third kappa shape index (κ3) is 9.13. The van der Waals surface area contributed by atoms with E-state index in [1.165, 1.54) is 25.7 Å². The number of anilines is 6. The monoisotopic (exact) mass is 908 g/mol. The molecule has 66 heavy (non-hydrogen) atoms. The number of hydrogen-bond donors (Lipinski definition) is 4. The van der Waals surface area contributed by atoms with E-state index in [0.717, 1.165) is 81.8 Å². The van der Waals surface area contributed by atoms with E-state index < -0.39 is 7.12 Å². The molecule has 10 heterocycles. The van der Waals surface area contributed by atoms with Crippen molar-refractivity contribution >= 4 is 70.1 Å². The summed E-state index contributed by atoms with van der Waals surface area (Å²) >= 11 is 6.07. The molecule has 20 heteroatoms. The minimum absolute atomic E-state index is 0.195. The normalized spacial score (nSPS) is 16.8. The van der Waals surface area contributed by atoms with Crippen molar-refractivity contribution in [1.29, 1.82) is 0 Å². The van der Waals surface area contributed by atoms with Crippen LogP contribution >= 0.6 is 11.6 Å². The van der Waals surface area contributed by atoms with Crippen molar-refractivity contribution in [3.05, 3.63) is 115 Å². The Morgan fingerprint density at radius 2 is 1.18 bits per heavy atom. The molecule has 2 aromatic carbocycles. The largest absolute Gasteiger partial charge is 0.488 e. The number of hydrogen-bond acceptors (Lipinski definition) is 16. The van der Waals surface area contributed by atoms with Crippen LogP contribution < -0.4 is 44.8 Å². The van der Waals surface area contributed by atoms with Gasteiger partial charge < -0.3 is 49.4 Å². The lowest BCUT2D eigenvalue weighted by molar-refractivity contribution is 0.173. The van der Waals surface area contributed by atoms with Crippen molar-refractivity contribution in [3.63, 3.8) is 0 Å². The van der Waals surface area contributed by atoms with Crippen LogP contribution in [0.3, 0.4) is 0 Å². The highest BCUT2D eigenvalue weighted by molar-refractivity contribution is 6.58. The van der Waals surface area contributed by atoms with Crippen molar-refractivity contribution < 1.29 is 29.0 Å². The number of nitrogens with one attached hydrogen (secondary N) is 2. The van der Waals surface area contributed by atoms with Gasteiger partial charge in [-0.15, -0.1) is 0 Å². The fourth-order valence-electron chi connectivity index (χ4n) is 8.39. The molecule has 4 N–H and O–H groups in total. The summed E-state index contributed by atoms with van der Waals surface area (Å²) in [4.78, 5) is 23.1. The molecule has 18 nitrogen and oxygen atoms in total. The minimum atomic E-state index is -1.46. The Labute approximate surface area is 384 Å². The van der Waals surface area contributed by atoms with Crippen LogP contribution in [0.4, 0.5) is 34.6 Å². The Morgan fingerprint density at radius 1 is 0.636 bits per heavy atom. The molecule has 336 valence electrons. The summed E-state index contributed by atoms with van der Waals surface area (Å²) < 4.78 is 24.5. The molecule has 2 unspecified atom stereocenters. The van der Waals surface area contributed by atoms with Crippen LogP contribution in [0.5, 0.6) is 23.0 Å². The van der Waals surface area contributed by atoms with Crippen LogP contribution in [-0.2, 0) is 0 Å². The first-order chi connectivity index (χ1) is 32.2. The van der Waals surface area contributed by atoms with E-state index >= 15 is 0 Å². The van der Waals surface area contributed by atoms with Gasteiger partial charge in [-0.3, -0.25) is 0 Å². The average Bonchev–Trinajstić information content (AvgIpc) is 4.19. The number of pyridine rings is 2. The van der Waals surface area contributed by atoms with Crippen LogP contribution in [0.15, 0.2) is 110 Å². The highest BCUT2D eigenvalue weighted by Gasteiger charge is 2.24. The van der Waals surface area contributed by atoms with Gasteiger partial charge in [0.15, 0.2) is 39.4 Å². The zero-order valence-electron chi connectivity index (χ0n) is 36.2. The maximum Gasteiger partial charge on any atom is 0.488 e. The molecular formula is C46H46BClN12O6. The number of rotatable bonds is 8. The van der Waals surface area contributed by atoms with E-state index in [4.69, 9.17) is 55.7 Å². The number of ether oxygens (including phenoxy) is 4. The molecule has 0 bridgehead atoms. The van der Waals surface area contributed by atoms with Gasteiger partial charge in [0.05, 0.1) is 17.1 Å². The summed E-state index contributed by atoms with van der Waals surface area (Å²) in [6.45, 7) is 7.04. The molecule has 4 aliphatic rings. The second-order valence-electron chi connectivity index (χ2n) is 16.2. The first-order valence-corrected chi connectivity index (χ1v) is 22.1. The molecule has 0 spiro atoms. The van der Waals surface area contributed by atoms with Gasteiger partial charge in [-0.2, -0.15) is 10.2 Å². The number of halogens is 1. The lowest BCUT2D eigenvalue weighted by Crippen LogP contribution is -2.29. The smallest absolute Gasteiger partial charge is 0.454 e. The highest BCUT2D eigenvalue weighted by Crippen LogP contribution is 2.37. The van der Waals surface area contributed by atoms with Crippen molar-refractivity contribution in [2.45, 2.75) is 51.6 Å². The molecule has 0 radical (unpaired) electrons. The second kappa shape index (κ2) is 18.6. The summed E-state index contributed by atoms with van der Waals surface area (Å²) in [5, 5.41) is 33.7. The fraction of sp³-hybridized carbons (Fsp3) is 0.261. The van der Waals surface area contributed by atoms with Gasteiger partial charge in [-0.1, -0.05) is 29.8 Å². The SMILES string of the molecule is CC1CCCN1c1cccc(Nc2cc(-c3ccc4c(c3)OCO4)nn3ccnc23)n1.CC1CCCN1c1cccc(Nc2cc(Cl)nn3ccnc23)n1.OB(O)c1ccc2c(c1)OCO2. The van der Waals surface area contributed by atoms with Gasteiger partial charge in [-0.25, -0.2) is 29.0 Å². The van der Waals surface area contributed by atoms with Gasteiger partial charge in [-0.05, 0) is 106 Å². The summed E-state index contributed by atoms with van der Waals surface area (Å²) in [6, 6.07) is 27.5. The lowest BCUT2D eigenvalue weighted by atomic mass is 9.80. The first-order valence-electron chi connectivity index (χ1n) is 21.7. The van der Waals surface area contributed by atoms with E-state index in [0.29, 0.717) is 34.2 Å². The van der Waals surface area contributed by atoms with Gasteiger partial charge in [0.25, 0.3) is 0 Å². The number of nitrogens with zero attached hydrogens (tertiary/aromatic N) is 10. The Morgan fingerprint density at radius 3 is 1.76 bits per heavy atom. The van der Waals surface area contributed by atoms with Crippen LogP contribution in [0.1, 0.15) is 39.5 Å². The molecule has 8 aromatic rings. The van der Waals surface area contributed by atoms with Crippen LogP contribution in [-0.4, -0.2) is 95.1 Å². The summed E-state index contributed by atoms with van der Waals surface area (Å²) in [5.41, 5.74) is 5.23. The zero-order chi connectivity index (χ0) is 45.1.